The van der Waals surface area contributed by atoms with Gasteiger partial charge >= 0.3 is 6.09 Å². The van der Waals surface area contributed by atoms with Crippen LogP contribution in [0.3, 0.4) is 0 Å². The summed E-state index contributed by atoms with van der Waals surface area (Å²) in [7, 11) is 0. The molecule has 2 aliphatic carbocycles. The van der Waals surface area contributed by atoms with Gasteiger partial charge < -0.3 is 18.9 Å². The highest BCUT2D eigenvalue weighted by molar-refractivity contribution is 6.03. The van der Waals surface area contributed by atoms with Crippen LogP contribution in [0.4, 0.5) is 10.5 Å². The van der Waals surface area contributed by atoms with E-state index in [2.05, 4.69) is 20.0 Å². The van der Waals surface area contributed by atoms with Crippen LogP contribution in [0.5, 0.6) is 5.75 Å². The molecule has 2 aromatic heterocycles. The number of fused-ring (bicyclic) bond motifs is 1. The van der Waals surface area contributed by atoms with Crippen molar-refractivity contribution in [3.63, 3.8) is 0 Å². The average molecular weight is 473 g/mol. The molecule has 0 radical (unpaired) electrons. The van der Waals surface area contributed by atoms with E-state index in [1.54, 1.807) is 19.1 Å². The lowest BCUT2D eigenvalue weighted by atomic mass is 9.92. The minimum Gasteiger partial charge on any atom is -0.508 e. The van der Waals surface area contributed by atoms with Crippen molar-refractivity contribution in [2.45, 2.75) is 58.1 Å². The number of aromatic nitrogens is 3. The van der Waals surface area contributed by atoms with Gasteiger partial charge in [0.15, 0.2) is 5.82 Å². The first-order valence-electron chi connectivity index (χ1n) is 12.2. The van der Waals surface area contributed by atoms with E-state index >= 15 is 0 Å². The van der Waals surface area contributed by atoms with Crippen LogP contribution in [-0.2, 0) is 4.74 Å². The Morgan fingerprint density at radius 2 is 1.94 bits per heavy atom. The molecule has 6 rings (SSSR count). The van der Waals surface area contributed by atoms with E-state index in [1.165, 1.54) is 6.42 Å². The van der Waals surface area contributed by atoms with Gasteiger partial charge in [-0.15, -0.1) is 0 Å². The quantitative estimate of drug-likeness (QED) is 0.335. The van der Waals surface area contributed by atoms with E-state index in [-0.39, 0.29) is 11.9 Å². The highest BCUT2D eigenvalue weighted by Crippen LogP contribution is 2.47. The Morgan fingerprint density at radius 1 is 1.17 bits per heavy atom. The zero-order valence-electron chi connectivity index (χ0n) is 19.8. The molecule has 2 heterocycles. The van der Waals surface area contributed by atoms with E-state index in [9.17, 15) is 9.90 Å². The molecule has 8 heteroatoms. The summed E-state index contributed by atoms with van der Waals surface area (Å²) >= 11 is 0. The summed E-state index contributed by atoms with van der Waals surface area (Å²) in [6, 6.07) is 13.4. The van der Waals surface area contributed by atoms with E-state index < -0.39 is 6.09 Å². The van der Waals surface area contributed by atoms with Crippen LogP contribution in [0.25, 0.3) is 33.6 Å². The van der Waals surface area contributed by atoms with Crippen molar-refractivity contribution in [3.05, 3.63) is 48.3 Å². The third kappa shape index (κ3) is 4.03. The minimum absolute atomic E-state index is 0.0655. The fourth-order valence-electron chi connectivity index (χ4n) is 4.91. The smallest absolute Gasteiger partial charge is 0.411 e. The first-order valence-corrected chi connectivity index (χ1v) is 12.2. The lowest BCUT2D eigenvalue weighted by molar-refractivity contribution is 0.108. The molecule has 1 atom stereocenters. The average Bonchev–Trinajstić information content (AvgIpc) is 3.50. The van der Waals surface area contributed by atoms with Gasteiger partial charge in [0.25, 0.3) is 5.89 Å². The molecule has 2 saturated carbocycles. The molecule has 0 aliphatic heterocycles. The molecule has 2 aromatic carbocycles. The zero-order chi connectivity index (χ0) is 24.1. The lowest BCUT2D eigenvalue weighted by Gasteiger charge is -2.30. The number of aryl methyl sites for hydroxylation is 1. The SMILES string of the molecule is Cc1noc(-c2c(-c3ccc(NC(=O)OC(C)C4CC4)cc3)n(C3CCC3)c3cc(O)ccc23)n1. The summed E-state index contributed by atoms with van der Waals surface area (Å²) < 4.78 is 13.4. The number of rotatable bonds is 6. The molecule has 35 heavy (non-hydrogen) atoms. The number of nitrogens with one attached hydrogen (secondary N) is 1. The maximum Gasteiger partial charge on any atom is 0.411 e. The second kappa shape index (κ2) is 8.45. The molecule has 4 aromatic rings. The molecule has 180 valence electrons. The van der Waals surface area contributed by atoms with Crippen LogP contribution in [0.1, 0.15) is 50.9 Å². The second-order valence-electron chi connectivity index (χ2n) is 9.68. The summed E-state index contributed by atoms with van der Waals surface area (Å²) in [6.07, 6.45) is 5.05. The minimum atomic E-state index is -0.432. The standard InChI is InChI=1S/C27H28N4O4/c1-15(17-6-7-17)34-27(33)29-19-10-8-18(9-11-19)25-24(26-28-16(2)30-35-26)22-13-12-21(32)14-23(22)31(25)20-4-3-5-20/h8-15,17,20,32H,3-7H2,1-2H3,(H,29,33). The van der Waals surface area contributed by atoms with Crippen molar-refractivity contribution in [1.29, 1.82) is 0 Å². The fourth-order valence-corrected chi connectivity index (χ4v) is 4.91. The molecule has 0 saturated heterocycles. The molecule has 0 spiro atoms. The van der Waals surface area contributed by atoms with Crippen molar-refractivity contribution in [2.75, 3.05) is 5.32 Å². The molecule has 8 nitrogen and oxygen atoms in total. The molecule has 2 fully saturated rings. The number of nitrogens with zero attached hydrogens (tertiary/aromatic N) is 3. The van der Waals surface area contributed by atoms with E-state index in [0.29, 0.717) is 29.4 Å². The van der Waals surface area contributed by atoms with E-state index in [0.717, 1.165) is 53.4 Å². The molecule has 2 N–H and O–H groups in total. The number of phenolic OH excluding ortho intramolecular Hbond substituents is 1. The van der Waals surface area contributed by atoms with Crippen molar-refractivity contribution in [2.24, 2.45) is 5.92 Å². The summed E-state index contributed by atoms with van der Waals surface area (Å²) in [5.74, 6) is 1.72. The van der Waals surface area contributed by atoms with E-state index in [1.807, 2.05) is 37.3 Å². The first-order chi connectivity index (χ1) is 17.0. The molecule has 0 bridgehead atoms. The highest BCUT2D eigenvalue weighted by Gasteiger charge is 2.31. The van der Waals surface area contributed by atoms with Gasteiger partial charge in [0.2, 0.25) is 0 Å². The van der Waals surface area contributed by atoms with Crippen LogP contribution in [0, 0.1) is 12.8 Å². The largest absolute Gasteiger partial charge is 0.508 e. The van der Waals surface area contributed by atoms with E-state index in [4.69, 9.17) is 9.26 Å². The Labute approximate surface area is 202 Å². The number of anilines is 1. The summed E-state index contributed by atoms with van der Waals surface area (Å²) in [5, 5.41) is 18.1. The van der Waals surface area contributed by atoms with Crippen molar-refractivity contribution >= 4 is 22.7 Å². The maximum atomic E-state index is 12.3. The van der Waals surface area contributed by atoms with Crippen molar-refractivity contribution in [3.8, 4) is 28.5 Å². The predicted octanol–water partition coefficient (Wildman–Crippen LogP) is 6.44. The summed E-state index contributed by atoms with van der Waals surface area (Å²) in [6.45, 7) is 3.74. The van der Waals surface area contributed by atoms with Gasteiger partial charge in [0, 0.05) is 23.2 Å². The number of benzene rings is 2. The predicted molar refractivity (Wildman–Crippen MR) is 132 cm³/mol. The lowest BCUT2D eigenvalue weighted by Crippen LogP contribution is -2.21. The van der Waals surface area contributed by atoms with Gasteiger partial charge in [0.1, 0.15) is 11.9 Å². The molecule has 1 unspecified atom stereocenters. The maximum absolute atomic E-state index is 12.3. The number of hydrogen-bond acceptors (Lipinski definition) is 6. The third-order valence-electron chi connectivity index (χ3n) is 7.15. The number of carbonyl (C=O) groups is 1. The normalized spacial score (nSPS) is 16.7. The Kier molecular flexibility index (Phi) is 5.24. The van der Waals surface area contributed by atoms with Gasteiger partial charge in [-0.05, 0) is 81.7 Å². The Morgan fingerprint density at radius 3 is 2.57 bits per heavy atom. The van der Waals surface area contributed by atoms with Crippen LogP contribution >= 0.6 is 0 Å². The van der Waals surface area contributed by atoms with Gasteiger partial charge in [-0.25, -0.2) is 4.79 Å². The third-order valence-corrected chi connectivity index (χ3v) is 7.15. The number of amides is 1. The zero-order valence-corrected chi connectivity index (χ0v) is 19.8. The number of ether oxygens (including phenoxy) is 1. The summed E-state index contributed by atoms with van der Waals surface area (Å²) in [4.78, 5) is 16.8. The van der Waals surface area contributed by atoms with Gasteiger partial charge in [-0.2, -0.15) is 4.98 Å². The second-order valence-corrected chi connectivity index (χ2v) is 9.68. The van der Waals surface area contributed by atoms with Crippen LogP contribution < -0.4 is 5.32 Å². The van der Waals surface area contributed by atoms with Crippen LogP contribution in [0.2, 0.25) is 0 Å². The molecule has 1 amide bonds. The van der Waals surface area contributed by atoms with Gasteiger partial charge in [-0.3, -0.25) is 5.32 Å². The molecular formula is C27H28N4O4. The fraction of sp³-hybridized carbons (Fsp3) is 0.370. The monoisotopic (exact) mass is 472 g/mol. The number of hydrogen-bond donors (Lipinski definition) is 2. The van der Waals surface area contributed by atoms with Crippen molar-refractivity contribution < 1.29 is 19.2 Å². The Bertz CT molecular complexity index is 1400. The van der Waals surface area contributed by atoms with Gasteiger partial charge in [0.05, 0.1) is 16.8 Å². The topological polar surface area (TPSA) is 102 Å². The Hall–Kier alpha value is -3.81. The number of aromatic hydroxyl groups is 1. The van der Waals surface area contributed by atoms with Crippen LogP contribution in [0.15, 0.2) is 47.0 Å². The molecule has 2 aliphatic rings. The van der Waals surface area contributed by atoms with Gasteiger partial charge in [-0.1, -0.05) is 17.3 Å². The molecular weight excluding hydrogens is 444 g/mol. The Balaban J connectivity index is 1.41. The number of carbonyl (C=O) groups excluding carboxylic acids is 1. The first kappa shape index (κ1) is 21.7. The van der Waals surface area contributed by atoms with Crippen molar-refractivity contribution in [1.82, 2.24) is 14.7 Å². The number of phenols is 1. The summed E-state index contributed by atoms with van der Waals surface area (Å²) in [5.41, 5.74) is 4.39. The van der Waals surface area contributed by atoms with Crippen LogP contribution in [-0.4, -0.2) is 32.0 Å². The highest BCUT2D eigenvalue weighted by atomic mass is 16.6.